The summed E-state index contributed by atoms with van der Waals surface area (Å²) >= 11 is 0. The molecule has 0 bridgehead atoms. The number of benzene rings is 1. The van der Waals surface area contributed by atoms with Gasteiger partial charge in [0.1, 0.15) is 4.90 Å². The fourth-order valence-corrected chi connectivity index (χ4v) is 3.43. The summed E-state index contributed by atoms with van der Waals surface area (Å²) in [5, 5.41) is 0. The fraction of sp³-hybridized carbons (Fsp3) is 0.571. The van der Waals surface area contributed by atoms with E-state index in [9.17, 15) is 17.2 Å². The molecule has 0 aliphatic carbocycles. The molecule has 0 saturated heterocycles. The second-order valence-electron chi connectivity index (χ2n) is 5.11. The summed E-state index contributed by atoms with van der Waals surface area (Å²) in [6, 6.07) is 1.63. The smallest absolute Gasteiger partial charge is 0.243 e. The third kappa shape index (κ3) is 5.01. The van der Waals surface area contributed by atoms with E-state index in [1.807, 2.05) is 6.92 Å². The monoisotopic (exact) mass is 320 g/mol. The SMILES string of the molecule is CCCCCC(C)NS(=O)(=O)c1cc(CN)cc(F)c1F. The van der Waals surface area contributed by atoms with Crippen LogP contribution in [0.2, 0.25) is 0 Å². The lowest BCUT2D eigenvalue weighted by Crippen LogP contribution is -2.33. The molecule has 0 spiro atoms. The van der Waals surface area contributed by atoms with Crippen molar-refractivity contribution >= 4 is 10.0 Å². The van der Waals surface area contributed by atoms with Crippen LogP contribution in [0.25, 0.3) is 0 Å². The Kier molecular flexibility index (Phi) is 6.70. The van der Waals surface area contributed by atoms with Crippen molar-refractivity contribution in [2.24, 2.45) is 5.73 Å². The highest BCUT2D eigenvalue weighted by molar-refractivity contribution is 7.89. The molecule has 0 aliphatic rings. The molecule has 1 rings (SSSR count). The third-order valence-electron chi connectivity index (χ3n) is 3.18. The molecular formula is C14H22F2N2O2S. The second-order valence-corrected chi connectivity index (χ2v) is 6.79. The van der Waals surface area contributed by atoms with Gasteiger partial charge in [-0.3, -0.25) is 0 Å². The maximum Gasteiger partial charge on any atom is 0.243 e. The lowest BCUT2D eigenvalue weighted by molar-refractivity contribution is 0.477. The van der Waals surface area contributed by atoms with Crippen LogP contribution < -0.4 is 10.5 Å². The molecule has 1 aromatic rings. The minimum atomic E-state index is -4.10. The van der Waals surface area contributed by atoms with Gasteiger partial charge in [-0.25, -0.2) is 21.9 Å². The van der Waals surface area contributed by atoms with E-state index in [4.69, 9.17) is 5.73 Å². The Morgan fingerprint density at radius 1 is 1.29 bits per heavy atom. The maximum absolute atomic E-state index is 13.7. The quantitative estimate of drug-likeness (QED) is 0.723. The molecule has 0 aromatic heterocycles. The van der Waals surface area contributed by atoms with Crippen molar-refractivity contribution in [2.45, 2.75) is 57.0 Å². The van der Waals surface area contributed by atoms with Gasteiger partial charge in [0.15, 0.2) is 11.6 Å². The number of hydrogen-bond acceptors (Lipinski definition) is 3. The van der Waals surface area contributed by atoms with Crippen LogP contribution in [0.1, 0.15) is 45.1 Å². The normalized spacial score (nSPS) is 13.4. The zero-order chi connectivity index (χ0) is 16.0. The molecule has 4 nitrogen and oxygen atoms in total. The Morgan fingerprint density at radius 3 is 2.52 bits per heavy atom. The van der Waals surface area contributed by atoms with E-state index < -0.39 is 26.6 Å². The minimum Gasteiger partial charge on any atom is -0.326 e. The van der Waals surface area contributed by atoms with Gasteiger partial charge in [0, 0.05) is 12.6 Å². The number of halogens is 2. The number of unbranched alkanes of at least 4 members (excludes halogenated alkanes) is 2. The van der Waals surface area contributed by atoms with E-state index in [0.717, 1.165) is 31.4 Å². The van der Waals surface area contributed by atoms with Crippen LogP contribution in [-0.4, -0.2) is 14.5 Å². The average Bonchev–Trinajstić information content (AvgIpc) is 2.41. The first-order chi connectivity index (χ1) is 9.81. The first-order valence-corrected chi connectivity index (χ1v) is 8.50. The van der Waals surface area contributed by atoms with Crippen LogP contribution in [0.15, 0.2) is 17.0 Å². The van der Waals surface area contributed by atoms with Gasteiger partial charge in [0.25, 0.3) is 0 Å². The van der Waals surface area contributed by atoms with Crippen molar-refractivity contribution in [1.82, 2.24) is 4.72 Å². The molecule has 0 heterocycles. The Hall–Kier alpha value is -1.05. The van der Waals surface area contributed by atoms with E-state index in [1.165, 1.54) is 0 Å². The number of nitrogens with one attached hydrogen (secondary N) is 1. The molecule has 7 heteroatoms. The molecule has 0 saturated carbocycles. The summed E-state index contributed by atoms with van der Waals surface area (Å²) in [7, 11) is -4.10. The Bertz CT molecular complexity index is 577. The van der Waals surface area contributed by atoms with Crippen molar-refractivity contribution in [2.75, 3.05) is 0 Å². The maximum atomic E-state index is 13.7. The average molecular weight is 320 g/mol. The Morgan fingerprint density at radius 2 is 1.95 bits per heavy atom. The summed E-state index contributed by atoms with van der Waals surface area (Å²) in [4.78, 5) is -0.690. The van der Waals surface area contributed by atoms with Crippen LogP contribution in [0.4, 0.5) is 8.78 Å². The molecule has 1 aromatic carbocycles. The highest BCUT2D eigenvalue weighted by atomic mass is 32.2. The molecule has 3 N–H and O–H groups in total. The topological polar surface area (TPSA) is 72.2 Å². The molecule has 1 unspecified atom stereocenters. The standard InChI is InChI=1S/C14H22F2N2O2S/c1-3-4-5-6-10(2)18-21(19,20)13-8-11(9-17)7-12(15)14(13)16/h7-8,10,18H,3-6,9,17H2,1-2H3. The van der Waals surface area contributed by atoms with Gasteiger partial charge in [-0.2, -0.15) is 0 Å². The van der Waals surface area contributed by atoms with Gasteiger partial charge < -0.3 is 5.73 Å². The van der Waals surface area contributed by atoms with Gasteiger partial charge in [-0.1, -0.05) is 26.2 Å². The fourth-order valence-electron chi connectivity index (χ4n) is 2.02. The zero-order valence-electron chi connectivity index (χ0n) is 12.3. The second kappa shape index (κ2) is 7.82. The van der Waals surface area contributed by atoms with Crippen LogP contribution >= 0.6 is 0 Å². The number of hydrogen-bond donors (Lipinski definition) is 2. The Labute approximate surface area is 124 Å². The highest BCUT2D eigenvalue weighted by Crippen LogP contribution is 2.20. The van der Waals surface area contributed by atoms with Crippen LogP contribution in [-0.2, 0) is 16.6 Å². The largest absolute Gasteiger partial charge is 0.326 e. The molecule has 0 amide bonds. The van der Waals surface area contributed by atoms with E-state index >= 15 is 0 Å². The summed E-state index contributed by atoms with van der Waals surface area (Å²) < 4.78 is 53.8. The van der Waals surface area contributed by atoms with Crippen molar-refractivity contribution in [3.8, 4) is 0 Å². The molecule has 0 aliphatic heterocycles. The van der Waals surface area contributed by atoms with E-state index in [1.54, 1.807) is 6.92 Å². The van der Waals surface area contributed by atoms with E-state index in [2.05, 4.69) is 4.72 Å². The van der Waals surface area contributed by atoms with Crippen LogP contribution in [0, 0.1) is 11.6 Å². The van der Waals surface area contributed by atoms with Gasteiger partial charge in [0.2, 0.25) is 10.0 Å². The molecule has 120 valence electrons. The van der Waals surface area contributed by atoms with Gasteiger partial charge in [-0.15, -0.1) is 0 Å². The van der Waals surface area contributed by atoms with Crippen molar-refractivity contribution in [3.63, 3.8) is 0 Å². The zero-order valence-corrected chi connectivity index (χ0v) is 13.1. The minimum absolute atomic E-state index is 0.0637. The van der Waals surface area contributed by atoms with E-state index in [0.29, 0.717) is 6.42 Å². The number of nitrogens with two attached hydrogens (primary N) is 1. The van der Waals surface area contributed by atoms with Gasteiger partial charge >= 0.3 is 0 Å². The summed E-state index contributed by atoms with van der Waals surface area (Å²) in [5.74, 6) is -2.59. The molecule has 21 heavy (non-hydrogen) atoms. The van der Waals surface area contributed by atoms with Crippen molar-refractivity contribution in [1.29, 1.82) is 0 Å². The first-order valence-electron chi connectivity index (χ1n) is 7.02. The number of sulfonamides is 1. The summed E-state index contributed by atoms with van der Waals surface area (Å²) in [5.41, 5.74) is 5.59. The summed E-state index contributed by atoms with van der Waals surface area (Å²) in [6.45, 7) is 3.69. The molecule has 1 atom stereocenters. The molecule has 0 radical (unpaired) electrons. The predicted molar refractivity (Wildman–Crippen MR) is 78.2 cm³/mol. The highest BCUT2D eigenvalue weighted by Gasteiger charge is 2.24. The van der Waals surface area contributed by atoms with Crippen molar-refractivity contribution < 1.29 is 17.2 Å². The summed E-state index contributed by atoms with van der Waals surface area (Å²) in [6.07, 6.45) is 3.54. The van der Waals surface area contributed by atoms with Gasteiger partial charge in [-0.05, 0) is 31.0 Å². The number of rotatable bonds is 8. The van der Waals surface area contributed by atoms with Gasteiger partial charge in [0.05, 0.1) is 0 Å². The van der Waals surface area contributed by atoms with Crippen molar-refractivity contribution in [3.05, 3.63) is 29.3 Å². The van der Waals surface area contributed by atoms with Crippen LogP contribution in [0.5, 0.6) is 0 Å². The molecular weight excluding hydrogens is 298 g/mol. The first kappa shape index (κ1) is 18.0. The predicted octanol–water partition coefficient (Wildman–Crippen LogP) is 2.67. The lowest BCUT2D eigenvalue weighted by Gasteiger charge is -2.15. The Balaban J connectivity index is 2.95. The lowest BCUT2D eigenvalue weighted by atomic mass is 10.1. The van der Waals surface area contributed by atoms with E-state index in [-0.39, 0.29) is 18.2 Å². The molecule has 0 fully saturated rings. The third-order valence-corrected chi connectivity index (χ3v) is 4.77. The van der Waals surface area contributed by atoms with Crippen LogP contribution in [0.3, 0.4) is 0 Å².